The van der Waals surface area contributed by atoms with Gasteiger partial charge >= 0.3 is 12.1 Å². The number of imidazole rings is 1. The molecule has 0 aromatic carbocycles. The zero-order chi connectivity index (χ0) is 15.4. The number of aliphatic hydroxyl groups excluding tert-OH is 3. The number of halogens is 2. The molecule has 0 bridgehead atoms. The number of rotatable bonds is 2. The molecule has 1 aliphatic rings. The van der Waals surface area contributed by atoms with Crippen molar-refractivity contribution < 1.29 is 28.8 Å². The summed E-state index contributed by atoms with van der Waals surface area (Å²) < 4.78 is 33.6. The first-order valence-corrected chi connectivity index (χ1v) is 5.88. The molecule has 3 rings (SSSR count). The number of nitrogen functional groups attached to an aromatic ring is 1. The van der Waals surface area contributed by atoms with E-state index in [4.69, 9.17) is 15.6 Å². The van der Waals surface area contributed by atoms with Gasteiger partial charge in [0.25, 0.3) is 0 Å². The normalized spacial score (nSPS) is 32.9. The molecule has 0 spiro atoms. The van der Waals surface area contributed by atoms with Gasteiger partial charge in [-0.3, -0.25) is 4.57 Å². The molecule has 1 saturated heterocycles. The van der Waals surface area contributed by atoms with Crippen LogP contribution in [0.1, 0.15) is 0 Å². The molecule has 11 heteroatoms. The van der Waals surface area contributed by atoms with Crippen LogP contribution in [-0.2, 0) is 10.7 Å². The Bertz CT molecular complexity index is 697. The van der Waals surface area contributed by atoms with Crippen LogP contribution in [0, 0.1) is 6.08 Å². The van der Waals surface area contributed by atoms with E-state index in [0.717, 1.165) is 6.33 Å². The van der Waals surface area contributed by atoms with Crippen LogP contribution in [0.3, 0.4) is 0 Å². The molecule has 4 atom stereocenters. The Morgan fingerprint density at radius 3 is 2.76 bits per heavy atom. The fourth-order valence-corrected chi connectivity index (χ4v) is 2.23. The average molecular weight is 303 g/mol. The molecule has 1 aliphatic heterocycles. The van der Waals surface area contributed by atoms with E-state index in [-0.39, 0.29) is 17.0 Å². The number of anilines is 1. The molecule has 21 heavy (non-hydrogen) atoms. The molecule has 0 radical (unpaired) electrons. The second-order valence-corrected chi connectivity index (χ2v) is 4.55. The molecule has 0 amide bonds. The molecule has 2 aromatic rings. The number of nitrogens with two attached hydrogens (primary N) is 1. The lowest BCUT2D eigenvalue weighted by Crippen LogP contribution is -2.41. The van der Waals surface area contributed by atoms with Crippen molar-refractivity contribution in [1.82, 2.24) is 19.5 Å². The Hall–Kier alpha value is -1.95. The highest BCUT2D eigenvalue weighted by Crippen LogP contribution is 2.38. The van der Waals surface area contributed by atoms with Crippen molar-refractivity contribution in [2.75, 3.05) is 12.3 Å². The largest absolute Gasteiger partial charge is 0.394 e. The van der Waals surface area contributed by atoms with Crippen LogP contribution in [0.2, 0.25) is 0 Å². The van der Waals surface area contributed by atoms with Gasteiger partial charge in [-0.2, -0.15) is 18.7 Å². The fraction of sp³-hybridized carbons (Fsp3) is 0.500. The van der Waals surface area contributed by atoms with Crippen LogP contribution in [0.25, 0.3) is 11.2 Å². The number of hydrogen-bond acceptors (Lipinski definition) is 8. The number of ether oxygens (including phenoxy) is 1. The van der Waals surface area contributed by atoms with Gasteiger partial charge in [0.1, 0.15) is 18.5 Å². The van der Waals surface area contributed by atoms with E-state index in [1.165, 1.54) is 0 Å². The summed E-state index contributed by atoms with van der Waals surface area (Å²) in [6, 6.07) is 0. The summed E-state index contributed by atoms with van der Waals surface area (Å²) >= 11 is 0. The van der Waals surface area contributed by atoms with Gasteiger partial charge in [-0.25, -0.2) is 4.98 Å². The lowest BCUT2D eigenvalue weighted by Gasteiger charge is -2.24. The van der Waals surface area contributed by atoms with Crippen LogP contribution in [0.15, 0.2) is 6.33 Å². The predicted molar refractivity (Wildman–Crippen MR) is 62.7 cm³/mol. The van der Waals surface area contributed by atoms with Gasteiger partial charge < -0.3 is 25.8 Å². The average Bonchev–Trinajstić information content (AvgIpc) is 2.95. The summed E-state index contributed by atoms with van der Waals surface area (Å²) in [5.74, 6) is -3.29. The van der Waals surface area contributed by atoms with Gasteiger partial charge in [0.05, 0.1) is 6.61 Å². The first-order valence-electron chi connectivity index (χ1n) is 5.88. The van der Waals surface area contributed by atoms with E-state index >= 15 is 0 Å². The van der Waals surface area contributed by atoms with E-state index < -0.39 is 37.0 Å². The molecular weight excluding hydrogens is 292 g/mol. The second kappa shape index (κ2) is 4.53. The summed E-state index contributed by atoms with van der Waals surface area (Å²) in [6.45, 7) is -0.720. The number of alkyl halides is 1. The maximum atomic E-state index is 14.9. The Morgan fingerprint density at radius 1 is 1.43 bits per heavy atom. The van der Waals surface area contributed by atoms with Crippen LogP contribution < -0.4 is 5.73 Å². The van der Waals surface area contributed by atoms with Crippen molar-refractivity contribution in [3.8, 4) is 0 Å². The molecule has 2 aromatic heterocycles. The van der Waals surface area contributed by atoms with Crippen molar-refractivity contribution in [2.24, 2.45) is 0 Å². The zero-order valence-electron chi connectivity index (χ0n) is 10.4. The fourth-order valence-electron chi connectivity index (χ4n) is 2.23. The van der Waals surface area contributed by atoms with Gasteiger partial charge in [-0.05, 0) is 0 Å². The third-order valence-corrected chi connectivity index (χ3v) is 3.29. The van der Waals surface area contributed by atoms with Crippen LogP contribution in [0.4, 0.5) is 14.6 Å². The number of aromatic nitrogens is 4. The summed E-state index contributed by atoms with van der Waals surface area (Å²) in [5.41, 5.74) is 5.00. The Kier molecular flexibility index (Phi) is 3.02. The smallest absolute Gasteiger partial charge is 0.325 e. The molecular formula is C10H11F2N5O4. The molecule has 114 valence electrons. The first kappa shape index (κ1) is 14.0. The maximum absolute atomic E-state index is 14.9. The topological polar surface area (TPSA) is 140 Å². The third kappa shape index (κ3) is 1.86. The van der Waals surface area contributed by atoms with Crippen molar-refractivity contribution >= 4 is 17.0 Å². The van der Waals surface area contributed by atoms with E-state index in [0.29, 0.717) is 4.57 Å². The minimum absolute atomic E-state index is 0.0915. The minimum atomic E-state index is -2.98. The standard InChI is InChI=1S/C10H11F2N5O4/c11-9-15-7(13)4-8(16-9)17(2-14-4)10(12)6(20)5(19)3(1-18)21-10/h2-3,5-6,18-20H,1H2,(H2,13,15,16)/t3-,5-,6-,10+/m1/s1. The van der Waals surface area contributed by atoms with Gasteiger partial charge in [-0.15, -0.1) is 0 Å². The molecule has 1 fully saturated rings. The van der Waals surface area contributed by atoms with Crippen molar-refractivity contribution in [3.63, 3.8) is 0 Å². The summed E-state index contributed by atoms with van der Waals surface area (Å²) in [5, 5.41) is 28.4. The monoisotopic (exact) mass is 303 g/mol. The highest BCUT2D eigenvalue weighted by Gasteiger charge is 2.57. The lowest BCUT2D eigenvalue weighted by atomic mass is 10.1. The second-order valence-electron chi connectivity index (χ2n) is 4.55. The minimum Gasteiger partial charge on any atom is -0.394 e. The number of hydrogen-bond donors (Lipinski definition) is 4. The van der Waals surface area contributed by atoms with Crippen molar-refractivity contribution in [1.29, 1.82) is 0 Å². The Balaban J connectivity index is 2.16. The number of aliphatic hydroxyl groups is 3. The highest BCUT2D eigenvalue weighted by atomic mass is 19.2. The molecule has 0 unspecified atom stereocenters. The van der Waals surface area contributed by atoms with Crippen molar-refractivity contribution in [2.45, 2.75) is 24.3 Å². The lowest BCUT2D eigenvalue weighted by molar-refractivity contribution is -0.235. The summed E-state index contributed by atoms with van der Waals surface area (Å²) in [6.07, 6.45) is -5.40. The maximum Gasteiger partial charge on any atom is 0.325 e. The van der Waals surface area contributed by atoms with Gasteiger partial charge in [0, 0.05) is 0 Å². The molecule has 3 heterocycles. The molecule has 9 nitrogen and oxygen atoms in total. The molecule has 0 saturated carbocycles. The van der Waals surface area contributed by atoms with Gasteiger partial charge in [0.2, 0.25) is 0 Å². The Morgan fingerprint density at radius 2 is 2.14 bits per heavy atom. The van der Waals surface area contributed by atoms with Crippen molar-refractivity contribution in [3.05, 3.63) is 12.4 Å². The SMILES string of the molecule is Nc1nc(F)nc2c1ncn2[C@]1(F)O[C@H](CO)[C@@H](O)[C@H]1O. The summed E-state index contributed by atoms with van der Waals surface area (Å²) in [4.78, 5) is 10.3. The van der Waals surface area contributed by atoms with Crippen LogP contribution >= 0.6 is 0 Å². The zero-order valence-corrected chi connectivity index (χ0v) is 10.4. The van der Waals surface area contributed by atoms with E-state index in [9.17, 15) is 19.0 Å². The predicted octanol–water partition coefficient (Wildman–Crippen LogP) is -1.76. The molecule has 0 aliphatic carbocycles. The molecule has 5 N–H and O–H groups in total. The van der Waals surface area contributed by atoms with E-state index in [1.807, 2.05) is 0 Å². The summed E-state index contributed by atoms with van der Waals surface area (Å²) in [7, 11) is 0. The van der Waals surface area contributed by atoms with Crippen LogP contribution in [0.5, 0.6) is 0 Å². The van der Waals surface area contributed by atoms with Gasteiger partial charge in [-0.1, -0.05) is 0 Å². The number of nitrogens with zero attached hydrogens (tertiary/aromatic N) is 4. The first-order chi connectivity index (χ1) is 9.88. The Labute approximate surface area is 115 Å². The van der Waals surface area contributed by atoms with Crippen LogP contribution in [-0.4, -0.2) is 59.8 Å². The third-order valence-electron chi connectivity index (χ3n) is 3.29. The quantitative estimate of drug-likeness (QED) is 0.478. The highest BCUT2D eigenvalue weighted by molar-refractivity contribution is 5.81. The van der Waals surface area contributed by atoms with E-state index in [1.54, 1.807) is 0 Å². The number of fused-ring (bicyclic) bond motifs is 1. The van der Waals surface area contributed by atoms with E-state index in [2.05, 4.69) is 15.0 Å². The van der Waals surface area contributed by atoms with Gasteiger partial charge in [0.15, 0.2) is 23.1 Å².